The van der Waals surface area contributed by atoms with Gasteiger partial charge in [0.05, 0.1) is 19.0 Å². The quantitative estimate of drug-likeness (QED) is 0.658. The molecule has 0 N–H and O–H groups in total. The van der Waals surface area contributed by atoms with Crippen LogP contribution in [0.2, 0.25) is 0 Å². The molecule has 1 amide bonds. The molecule has 2 aromatic rings. The number of thioether (sulfide) groups is 1. The number of rotatable bonds is 8. The highest BCUT2D eigenvalue weighted by Crippen LogP contribution is 2.24. The standard InChI is InChI=1S/C21H25NO3S/c1-24-18-9-5-11-20(13-18)26-16-21(23)22(15-19-10-6-12-25-19)14-17-7-3-2-4-8-17/h2-5,7-9,11,13,19H,6,10,12,14-16H2,1H3/t19-/m0/s1. The van der Waals surface area contributed by atoms with Crippen molar-refractivity contribution in [3.8, 4) is 5.75 Å². The minimum Gasteiger partial charge on any atom is -0.497 e. The second-order valence-corrected chi connectivity index (χ2v) is 7.41. The number of nitrogens with zero attached hydrogens (tertiary/aromatic N) is 1. The van der Waals surface area contributed by atoms with Crippen molar-refractivity contribution in [3.63, 3.8) is 0 Å². The lowest BCUT2D eigenvalue weighted by Gasteiger charge is -2.25. The van der Waals surface area contributed by atoms with Crippen LogP contribution in [0, 0.1) is 0 Å². The third-order valence-corrected chi connectivity index (χ3v) is 5.40. The van der Waals surface area contributed by atoms with Crippen LogP contribution in [0.5, 0.6) is 5.75 Å². The first-order valence-corrected chi connectivity index (χ1v) is 9.93. The topological polar surface area (TPSA) is 38.8 Å². The van der Waals surface area contributed by atoms with Crippen LogP contribution in [0.1, 0.15) is 18.4 Å². The maximum atomic E-state index is 12.9. The van der Waals surface area contributed by atoms with Crippen LogP contribution < -0.4 is 4.74 Å². The van der Waals surface area contributed by atoms with Crippen molar-refractivity contribution in [1.82, 2.24) is 4.90 Å². The first-order chi connectivity index (χ1) is 12.7. The van der Waals surface area contributed by atoms with Gasteiger partial charge in [0.25, 0.3) is 0 Å². The summed E-state index contributed by atoms with van der Waals surface area (Å²) in [5.41, 5.74) is 1.14. The summed E-state index contributed by atoms with van der Waals surface area (Å²) >= 11 is 1.54. The van der Waals surface area contributed by atoms with E-state index in [-0.39, 0.29) is 12.0 Å². The molecule has 0 aromatic heterocycles. The van der Waals surface area contributed by atoms with E-state index >= 15 is 0 Å². The van der Waals surface area contributed by atoms with E-state index in [9.17, 15) is 4.79 Å². The van der Waals surface area contributed by atoms with Crippen LogP contribution in [0.15, 0.2) is 59.5 Å². The normalized spacial score (nSPS) is 16.4. The van der Waals surface area contributed by atoms with Gasteiger partial charge in [-0.05, 0) is 36.6 Å². The molecule has 0 saturated carbocycles. The number of carbonyl (C=O) groups excluding carboxylic acids is 1. The van der Waals surface area contributed by atoms with Crippen LogP contribution >= 0.6 is 11.8 Å². The van der Waals surface area contributed by atoms with E-state index in [1.54, 1.807) is 18.9 Å². The van der Waals surface area contributed by atoms with Gasteiger partial charge in [-0.15, -0.1) is 11.8 Å². The number of amides is 1. The molecule has 26 heavy (non-hydrogen) atoms. The van der Waals surface area contributed by atoms with Crippen LogP contribution in [-0.2, 0) is 16.1 Å². The van der Waals surface area contributed by atoms with E-state index < -0.39 is 0 Å². The molecule has 0 aliphatic carbocycles. The van der Waals surface area contributed by atoms with Crippen LogP contribution in [0.25, 0.3) is 0 Å². The lowest BCUT2D eigenvalue weighted by Crippen LogP contribution is -2.38. The molecule has 1 fully saturated rings. The van der Waals surface area contributed by atoms with Gasteiger partial charge in [-0.1, -0.05) is 36.4 Å². The zero-order chi connectivity index (χ0) is 18.2. The van der Waals surface area contributed by atoms with E-state index in [4.69, 9.17) is 9.47 Å². The third-order valence-electron chi connectivity index (χ3n) is 4.42. The Kier molecular flexibility index (Phi) is 6.97. The van der Waals surface area contributed by atoms with Crippen molar-refractivity contribution >= 4 is 17.7 Å². The second-order valence-electron chi connectivity index (χ2n) is 6.36. The largest absolute Gasteiger partial charge is 0.497 e. The molecule has 138 valence electrons. The van der Waals surface area contributed by atoms with Gasteiger partial charge in [-0.2, -0.15) is 0 Å². The Hall–Kier alpha value is -1.98. The molecule has 0 radical (unpaired) electrons. The van der Waals surface area contributed by atoms with Crippen LogP contribution in [-0.4, -0.2) is 42.9 Å². The first kappa shape index (κ1) is 18.8. The van der Waals surface area contributed by atoms with E-state index in [2.05, 4.69) is 12.1 Å². The molecule has 1 aliphatic rings. The molecule has 0 spiro atoms. The van der Waals surface area contributed by atoms with Crippen molar-refractivity contribution in [2.24, 2.45) is 0 Å². The molecule has 0 bridgehead atoms. The van der Waals surface area contributed by atoms with Gasteiger partial charge in [0, 0.05) is 24.6 Å². The predicted octanol–water partition coefficient (Wildman–Crippen LogP) is 4.00. The third kappa shape index (κ3) is 5.51. The summed E-state index contributed by atoms with van der Waals surface area (Å²) in [6.45, 7) is 2.08. The Labute approximate surface area is 159 Å². The minimum absolute atomic E-state index is 0.136. The van der Waals surface area contributed by atoms with E-state index in [1.165, 1.54) is 0 Å². The maximum Gasteiger partial charge on any atom is 0.233 e. The molecule has 4 nitrogen and oxygen atoms in total. The Morgan fingerprint density at radius 3 is 2.81 bits per heavy atom. The molecule has 1 atom stereocenters. The van der Waals surface area contributed by atoms with Gasteiger partial charge >= 0.3 is 0 Å². The fourth-order valence-electron chi connectivity index (χ4n) is 3.02. The number of benzene rings is 2. The van der Waals surface area contributed by atoms with Gasteiger partial charge in [0.1, 0.15) is 5.75 Å². The lowest BCUT2D eigenvalue weighted by atomic mass is 10.2. The average Bonchev–Trinajstić information content (AvgIpc) is 3.20. The zero-order valence-electron chi connectivity index (χ0n) is 15.1. The highest BCUT2D eigenvalue weighted by molar-refractivity contribution is 8.00. The molecule has 2 aromatic carbocycles. The molecule has 5 heteroatoms. The molecule has 1 aliphatic heterocycles. The maximum absolute atomic E-state index is 12.9. The Bertz CT molecular complexity index is 701. The van der Waals surface area contributed by atoms with Gasteiger partial charge in [-0.25, -0.2) is 0 Å². The van der Waals surface area contributed by atoms with Crippen LogP contribution in [0.4, 0.5) is 0 Å². The summed E-state index contributed by atoms with van der Waals surface area (Å²) in [7, 11) is 1.65. The van der Waals surface area contributed by atoms with Crippen LogP contribution in [0.3, 0.4) is 0 Å². The van der Waals surface area contributed by atoms with Gasteiger partial charge < -0.3 is 14.4 Å². The van der Waals surface area contributed by atoms with Gasteiger partial charge in [0.15, 0.2) is 0 Å². The highest BCUT2D eigenvalue weighted by atomic mass is 32.2. The lowest BCUT2D eigenvalue weighted by molar-refractivity contribution is -0.130. The summed E-state index contributed by atoms with van der Waals surface area (Å²) in [6, 6.07) is 17.9. The molecule has 1 heterocycles. The summed E-state index contributed by atoms with van der Waals surface area (Å²) in [5.74, 6) is 1.35. The molecular formula is C21H25NO3S. The van der Waals surface area contributed by atoms with E-state index in [1.807, 2.05) is 47.4 Å². The zero-order valence-corrected chi connectivity index (χ0v) is 15.9. The number of ether oxygens (including phenoxy) is 2. The van der Waals surface area contributed by atoms with Crippen molar-refractivity contribution in [2.45, 2.75) is 30.4 Å². The van der Waals surface area contributed by atoms with Crippen molar-refractivity contribution in [3.05, 3.63) is 60.2 Å². The monoisotopic (exact) mass is 371 g/mol. The Morgan fingerprint density at radius 2 is 2.08 bits per heavy atom. The van der Waals surface area contributed by atoms with Crippen molar-refractivity contribution in [1.29, 1.82) is 0 Å². The highest BCUT2D eigenvalue weighted by Gasteiger charge is 2.22. The summed E-state index contributed by atoms with van der Waals surface area (Å²) < 4.78 is 11.0. The average molecular weight is 372 g/mol. The summed E-state index contributed by atoms with van der Waals surface area (Å²) in [4.78, 5) is 15.8. The Morgan fingerprint density at radius 1 is 1.23 bits per heavy atom. The molecular weight excluding hydrogens is 346 g/mol. The number of carbonyl (C=O) groups is 1. The SMILES string of the molecule is COc1cccc(SCC(=O)N(Cc2ccccc2)C[C@@H]2CCCO2)c1. The smallest absolute Gasteiger partial charge is 0.233 e. The number of hydrogen-bond donors (Lipinski definition) is 0. The number of hydrogen-bond acceptors (Lipinski definition) is 4. The second kappa shape index (κ2) is 9.64. The Balaban J connectivity index is 1.62. The first-order valence-electron chi connectivity index (χ1n) is 8.95. The van der Waals surface area contributed by atoms with Crippen molar-refractivity contribution < 1.29 is 14.3 Å². The molecule has 3 rings (SSSR count). The van der Waals surface area contributed by atoms with Gasteiger partial charge in [-0.3, -0.25) is 4.79 Å². The fourth-order valence-corrected chi connectivity index (χ4v) is 3.87. The minimum atomic E-state index is 0.136. The van der Waals surface area contributed by atoms with Gasteiger partial charge in [0.2, 0.25) is 5.91 Å². The predicted molar refractivity (Wildman–Crippen MR) is 105 cm³/mol. The van der Waals surface area contributed by atoms with Crippen molar-refractivity contribution in [2.75, 3.05) is 26.0 Å². The number of methoxy groups -OCH3 is 1. The molecule has 0 unspecified atom stereocenters. The summed E-state index contributed by atoms with van der Waals surface area (Å²) in [5, 5.41) is 0. The summed E-state index contributed by atoms with van der Waals surface area (Å²) in [6.07, 6.45) is 2.27. The van der Waals surface area contributed by atoms with E-state index in [0.29, 0.717) is 18.8 Å². The fraction of sp³-hybridized carbons (Fsp3) is 0.381. The molecule has 1 saturated heterocycles. The van der Waals surface area contributed by atoms with E-state index in [0.717, 1.165) is 35.7 Å².